The fraction of sp³-hybridized carbons (Fsp3) is 1.00. The summed E-state index contributed by atoms with van der Waals surface area (Å²) in [5.41, 5.74) is 5.90. The van der Waals surface area contributed by atoms with E-state index in [-0.39, 0.29) is 11.6 Å². The first kappa shape index (κ1) is 12.9. The molecule has 1 unspecified atom stereocenters. The monoisotopic (exact) mass is 187 g/mol. The maximum absolute atomic E-state index is 6.09. The van der Waals surface area contributed by atoms with Crippen LogP contribution in [-0.2, 0) is 4.74 Å². The highest BCUT2D eigenvalue weighted by atomic mass is 16.5. The maximum atomic E-state index is 6.09. The minimum atomic E-state index is -0.192. The Kier molecular flexibility index (Phi) is 5.57. The highest BCUT2D eigenvalue weighted by Crippen LogP contribution is 2.22. The summed E-state index contributed by atoms with van der Waals surface area (Å²) in [6.07, 6.45) is 3.49. The van der Waals surface area contributed by atoms with Gasteiger partial charge in [0.1, 0.15) is 0 Å². The summed E-state index contributed by atoms with van der Waals surface area (Å²) in [4.78, 5) is 0. The molecule has 0 rings (SSSR count). The third-order valence-corrected chi connectivity index (χ3v) is 3.16. The molecule has 2 N–H and O–H groups in total. The molecule has 1 atom stereocenters. The van der Waals surface area contributed by atoms with E-state index in [1.165, 1.54) is 12.8 Å². The zero-order chi connectivity index (χ0) is 10.5. The number of ether oxygens (including phenoxy) is 1. The third kappa shape index (κ3) is 4.10. The molecule has 0 aromatic heterocycles. The van der Waals surface area contributed by atoms with Crippen molar-refractivity contribution < 1.29 is 4.74 Å². The third-order valence-electron chi connectivity index (χ3n) is 3.16. The first-order chi connectivity index (χ1) is 5.97. The van der Waals surface area contributed by atoms with E-state index in [1.807, 2.05) is 0 Å². The molecule has 80 valence electrons. The Balaban J connectivity index is 4.04. The lowest BCUT2D eigenvalue weighted by Gasteiger charge is -2.32. The average molecular weight is 187 g/mol. The lowest BCUT2D eigenvalue weighted by molar-refractivity contribution is -0.00579. The number of methoxy groups -OCH3 is 1. The van der Waals surface area contributed by atoms with Crippen LogP contribution in [0.1, 0.15) is 47.0 Å². The van der Waals surface area contributed by atoms with Crippen LogP contribution in [0.3, 0.4) is 0 Å². The van der Waals surface area contributed by atoms with E-state index < -0.39 is 0 Å². The average Bonchev–Trinajstić information content (AvgIpc) is 2.13. The van der Waals surface area contributed by atoms with Gasteiger partial charge in [-0.2, -0.15) is 0 Å². The minimum absolute atomic E-state index is 0.141. The van der Waals surface area contributed by atoms with E-state index in [0.29, 0.717) is 0 Å². The van der Waals surface area contributed by atoms with E-state index >= 15 is 0 Å². The molecule has 0 radical (unpaired) electrons. The lowest BCUT2D eigenvalue weighted by Crippen LogP contribution is -2.45. The molecule has 2 heteroatoms. The van der Waals surface area contributed by atoms with Crippen LogP contribution in [0.2, 0.25) is 0 Å². The summed E-state index contributed by atoms with van der Waals surface area (Å²) in [6, 6.07) is 0.141. The molecule has 0 bridgehead atoms. The topological polar surface area (TPSA) is 35.2 Å². The Morgan fingerprint density at radius 3 is 2.00 bits per heavy atom. The van der Waals surface area contributed by atoms with Gasteiger partial charge in [0.15, 0.2) is 0 Å². The van der Waals surface area contributed by atoms with E-state index in [9.17, 15) is 0 Å². The smallest absolute Gasteiger partial charge is 0.0773 e. The van der Waals surface area contributed by atoms with Gasteiger partial charge in [0.2, 0.25) is 0 Å². The summed E-state index contributed by atoms with van der Waals surface area (Å²) in [5, 5.41) is 0. The van der Waals surface area contributed by atoms with Gasteiger partial charge in [0.05, 0.1) is 5.60 Å². The van der Waals surface area contributed by atoms with Crippen molar-refractivity contribution in [2.24, 2.45) is 11.7 Å². The van der Waals surface area contributed by atoms with Gasteiger partial charge < -0.3 is 10.5 Å². The van der Waals surface area contributed by atoms with Crippen LogP contribution in [0.25, 0.3) is 0 Å². The van der Waals surface area contributed by atoms with Crippen LogP contribution in [0.4, 0.5) is 0 Å². The number of rotatable bonds is 6. The second-order valence-corrected chi connectivity index (χ2v) is 4.33. The predicted octanol–water partition coefficient (Wildman–Crippen LogP) is 2.57. The lowest BCUT2D eigenvalue weighted by atomic mass is 9.87. The van der Waals surface area contributed by atoms with Crippen LogP contribution < -0.4 is 5.73 Å². The molecule has 2 nitrogen and oxygen atoms in total. The van der Waals surface area contributed by atoms with Crippen molar-refractivity contribution in [3.8, 4) is 0 Å². The zero-order valence-corrected chi connectivity index (χ0v) is 9.76. The zero-order valence-electron chi connectivity index (χ0n) is 9.76. The first-order valence-electron chi connectivity index (χ1n) is 5.28. The number of hydrogen-bond donors (Lipinski definition) is 1. The summed E-state index contributed by atoms with van der Waals surface area (Å²) in [6.45, 7) is 8.56. The fourth-order valence-corrected chi connectivity index (χ4v) is 1.42. The molecule has 0 fully saturated rings. The molecule has 0 aromatic carbocycles. The van der Waals surface area contributed by atoms with Gasteiger partial charge in [-0.15, -0.1) is 0 Å². The van der Waals surface area contributed by atoms with Crippen LogP contribution >= 0.6 is 0 Å². The quantitative estimate of drug-likeness (QED) is 0.693. The van der Waals surface area contributed by atoms with Crippen molar-refractivity contribution in [1.29, 1.82) is 0 Å². The normalized spacial score (nSPS) is 15.0. The molecule has 0 aliphatic rings. The Morgan fingerprint density at radius 2 is 1.69 bits per heavy atom. The predicted molar refractivity (Wildman–Crippen MR) is 57.8 cm³/mol. The first-order valence-corrected chi connectivity index (χ1v) is 5.28. The molecule has 0 aromatic rings. The van der Waals surface area contributed by atoms with Crippen molar-refractivity contribution in [1.82, 2.24) is 0 Å². The largest absolute Gasteiger partial charge is 0.377 e. The molecule has 13 heavy (non-hydrogen) atoms. The van der Waals surface area contributed by atoms with Crippen LogP contribution in [0.5, 0.6) is 0 Å². The molecule has 0 aliphatic heterocycles. The number of nitrogens with two attached hydrogens (primary N) is 1. The van der Waals surface area contributed by atoms with E-state index in [0.717, 1.165) is 12.3 Å². The van der Waals surface area contributed by atoms with Crippen molar-refractivity contribution in [3.05, 3.63) is 0 Å². The van der Waals surface area contributed by atoms with Crippen LogP contribution in [0, 0.1) is 5.92 Å². The molecular formula is C11H25NO. The SMILES string of the molecule is CCC(CC)CC(N)C(C)(C)OC. The molecular weight excluding hydrogens is 162 g/mol. The molecule has 0 heterocycles. The summed E-state index contributed by atoms with van der Waals surface area (Å²) >= 11 is 0. The minimum Gasteiger partial charge on any atom is -0.377 e. The standard InChI is InChI=1S/C11H25NO/c1-6-9(7-2)8-10(12)11(3,4)13-5/h9-10H,6-8,12H2,1-5H3. The molecule has 0 amide bonds. The molecule has 0 saturated heterocycles. The maximum Gasteiger partial charge on any atom is 0.0773 e. The summed E-state index contributed by atoms with van der Waals surface area (Å²) in [7, 11) is 1.73. The molecule has 0 saturated carbocycles. The molecule has 0 spiro atoms. The van der Waals surface area contributed by atoms with Crippen molar-refractivity contribution in [3.63, 3.8) is 0 Å². The van der Waals surface area contributed by atoms with Gasteiger partial charge in [-0.25, -0.2) is 0 Å². The summed E-state index contributed by atoms with van der Waals surface area (Å²) in [5.74, 6) is 0.740. The van der Waals surface area contributed by atoms with Crippen LogP contribution in [-0.4, -0.2) is 18.8 Å². The second-order valence-electron chi connectivity index (χ2n) is 4.33. The fourth-order valence-electron chi connectivity index (χ4n) is 1.42. The summed E-state index contributed by atoms with van der Waals surface area (Å²) < 4.78 is 5.36. The Bertz CT molecular complexity index is 130. The van der Waals surface area contributed by atoms with Gasteiger partial charge in [-0.1, -0.05) is 26.7 Å². The van der Waals surface area contributed by atoms with Gasteiger partial charge >= 0.3 is 0 Å². The highest BCUT2D eigenvalue weighted by Gasteiger charge is 2.27. The van der Waals surface area contributed by atoms with Crippen molar-refractivity contribution in [2.45, 2.75) is 58.6 Å². The van der Waals surface area contributed by atoms with Crippen LogP contribution in [0.15, 0.2) is 0 Å². The van der Waals surface area contributed by atoms with E-state index in [4.69, 9.17) is 10.5 Å². The van der Waals surface area contributed by atoms with E-state index in [1.54, 1.807) is 7.11 Å². The van der Waals surface area contributed by atoms with Gasteiger partial charge in [0, 0.05) is 13.2 Å². The van der Waals surface area contributed by atoms with Gasteiger partial charge in [-0.05, 0) is 26.2 Å². The second kappa shape index (κ2) is 5.61. The van der Waals surface area contributed by atoms with Gasteiger partial charge in [-0.3, -0.25) is 0 Å². The Morgan fingerprint density at radius 1 is 1.23 bits per heavy atom. The Labute approximate surface area is 82.8 Å². The molecule has 0 aliphatic carbocycles. The van der Waals surface area contributed by atoms with E-state index in [2.05, 4.69) is 27.7 Å². The highest BCUT2D eigenvalue weighted by molar-refractivity contribution is 4.83. The number of hydrogen-bond acceptors (Lipinski definition) is 2. The van der Waals surface area contributed by atoms with Crippen molar-refractivity contribution >= 4 is 0 Å². The van der Waals surface area contributed by atoms with Crippen molar-refractivity contribution in [2.75, 3.05) is 7.11 Å². The Hall–Kier alpha value is -0.0800. The van der Waals surface area contributed by atoms with Gasteiger partial charge in [0.25, 0.3) is 0 Å².